The zero-order valence-electron chi connectivity index (χ0n) is 10.8. The van der Waals surface area contributed by atoms with E-state index in [-0.39, 0.29) is 12.2 Å². The van der Waals surface area contributed by atoms with E-state index in [1.807, 2.05) is 6.92 Å². The molecule has 2 rings (SSSR count). The van der Waals surface area contributed by atoms with Gasteiger partial charge in [0.05, 0.1) is 0 Å². The molecule has 0 atom stereocenters. The number of halogens is 2. The SMILES string of the molecule is CCN(CC1CCC1)c1c(F)cc(CN)cc1F. The summed E-state index contributed by atoms with van der Waals surface area (Å²) < 4.78 is 27.9. The van der Waals surface area contributed by atoms with E-state index in [1.54, 1.807) is 4.90 Å². The maximum atomic E-state index is 14.0. The van der Waals surface area contributed by atoms with Crippen molar-refractivity contribution in [3.05, 3.63) is 29.3 Å². The number of nitrogens with zero attached hydrogens (tertiary/aromatic N) is 1. The van der Waals surface area contributed by atoms with Crippen LogP contribution in [0.25, 0.3) is 0 Å². The van der Waals surface area contributed by atoms with E-state index in [0.717, 1.165) is 6.54 Å². The van der Waals surface area contributed by atoms with E-state index < -0.39 is 11.6 Å². The van der Waals surface area contributed by atoms with Gasteiger partial charge in [-0.05, 0) is 43.4 Å². The van der Waals surface area contributed by atoms with Gasteiger partial charge in [0.15, 0.2) is 0 Å². The predicted octanol–water partition coefficient (Wildman–Crippen LogP) is 3.05. The van der Waals surface area contributed by atoms with E-state index in [9.17, 15) is 8.78 Å². The van der Waals surface area contributed by atoms with Crippen LogP contribution >= 0.6 is 0 Å². The van der Waals surface area contributed by atoms with Gasteiger partial charge in [0, 0.05) is 19.6 Å². The van der Waals surface area contributed by atoms with Crippen molar-refractivity contribution in [2.75, 3.05) is 18.0 Å². The Morgan fingerprint density at radius 1 is 1.28 bits per heavy atom. The average Bonchev–Trinajstić information content (AvgIpc) is 2.29. The van der Waals surface area contributed by atoms with Crippen LogP contribution in [-0.2, 0) is 6.54 Å². The molecular formula is C14H20F2N2. The summed E-state index contributed by atoms with van der Waals surface area (Å²) in [5.41, 5.74) is 6.00. The van der Waals surface area contributed by atoms with Crippen LogP contribution in [0.15, 0.2) is 12.1 Å². The predicted molar refractivity (Wildman–Crippen MR) is 69.5 cm³/mol. The highest BCUT2D eigenvalue weighted by atomic mass is 19.1. The quantitative estimate of drug-likeness (QED) is 0.875. The van der Waals surface area contributed by atoms with E-state index in [1.165, 1.54) is 31.4 Å². The minimum Gasteiger partial charge on any atom is -0.367 e. The maximum Gasteiger partial charge on any atom is 0.149 e. The van der Waals surface area contributed by atoms with Crippen LogP contribution in [0.4, 0.5) is 14.5 Å². The maximum absolute atomic E-state index is 14.0. The third-order valence-electron chi connectivity index (χ3n) is 3.71. The monoisotopic (exact) mass is 254 g/mol. The summed E-state index contributed by atoms with van der Waals surface area (Å²) >= 11 is 0. The Hall–Kier alpha value is -1.16. The Labute approximate surface area is 107 Å². The van der Waals surface area contributed by atoms with Crippen LogP contribution in [0.5, 0.6) is 0 Å². The number of hydrogen-bond acceptors (Lipinski definition) is 2. The summed E-state index contributed by atoms with van der Waals surface area (Å²) in [5, 5.41) is 0. The van der Waals surface area contributed by atoms with Crippen LogP contribution < -0.4 is 10.6 Å². The Balaban J connectivity index is 2.23. The van der Waals surface area contributed by atoms with Gasteiger partial charge in [-0.15, -0.1) is 0 Å². The highest BCUT2D eigenvalue weighted by Gasteiger charge is 2.23. The number of hydrogen-bond donors (Lipinski definition) is 1. The zero-order chi connectivity index (χ0) is 13.1. The van der Waals surface area contributed by atoms with E-state index in [2.05, 4.69) is 0 Å². The molecule has 0 aliphatic heterocycles. The third-order valence-corrected chi connectivity index (χ3v) is 3.71. The fraction of sp³-hybridized carbons (Fsp3) is 0.571. The van der Waals surface area contributed by atoms with Crippen LogP contribution in [0.3, 0.4) is 0 Å². The van der Waals surface area contributed by atoms with Crippen molar-refractivity contribution in [3.63, 3.8) is 0 Å². The number of rotatable bonds is 5. The second-order valence-electron chi connectivity index (χ2n) is 4.95. The first-order valence-corrected chi connectivity index (χ1v) is 6.58. The molecule has 0 saturated heterocycles. The Bertz CT molecular complexity index is 393. The molecule has 0 radical (unpaired) electrons. The summed E-state index contributed by atoms with van der Waals surface area (Å²) in [6, 6.07) is 2.67. The molecule has 0 aromatic heterocycles. The van der Waals surface area contributed by atoms with Crippen LogP contribution in [0.2, 0.25) is 0 Å². The minimum atomic E-state index is -0.503. The van der Waals surface area contributed by atoms with Crippen molar-refractivity contribution in [2.45, 2.75) is 32.7 Å². The largest absolute Gasteiger partial charge is 0.367 e. The van der Waals surface area contributed by atoms with Crippen molar-refractivity contribution >= 4 is 5.69 Å². The summed E-state index contributed by atoms with van der Waals surface area (Å²) in [5.74, 6) is -0.425. The van der Waals surface area contributed by atoms with Crippen LogP contribution in [-0.4, -0.2) is 13.1 Å². The van der Waals surface area contributed by atoms with Crippen molar-refractivity contribution in [2.24, 2.45) is 11.7 Å². The zero-order valence-corrected chi connectivity index (χ0v) is 10.8. The highest BCUT2D eigenvalue weighted by molar-refractivity contribution is 5.50. The Morgan fingerprint density at radius 3 is 2.28 bits per heavy atom. The fourth-order valence-corrected chi connectivity index (χ4v) is 2.40. The highest BCUT2D eigenvalue weighted by Crippen LogP contribution is 2.31. The van der Waals surface area contributed by atoms with Gasteiger partial charge in [0.2, 0.25) is 0 Å². The summed E-state index contributed by atoms with van der Waals surface area (Å²) in [6.45, 7) is 3.44. The lowest BCUT2D eigenvalue weighted by atomic mass is 9.85. The molecule has 0 heterocycles. The molecule has 1 saturated carbocycles. The Morgan fingerprint density at radius 2 is 1.89 bits per heavy atom. The molecule has 1 aliphatic rings. The smallest absolute Gasteiger partial charge is 0.149 e. The molecular weight excluding hydrogens is 234 g/mol. The third kappa shape index (κ3) is 2.64. The van der Waals surface area contributed by atoms with Gasteiger partial charge < -0.3 is 10.6 Å². The van der Waals surface area contributed by atoms with Crippen LogP contribution in [0, 0.1) is 17.6 Å². The lowest BCUT2D eigenvalue weighted by Gasteiger charge is -2.33. The fourth-order valence-electron chi connectivity index (χ4n) is 2.40. The molecule has 2 N–H and O–H groups in total. The lowest BCUT2D eigenvalue weighted by molar-refractivity contribution is 0.317. The Kier molecular flexibility index (Phi) is 4.17. The van der Waals surface area contributed by atoms with Gasteiger partial charge in [-0.1, -0.05) is 6.42 Å². The van der Waals surface area contributed by atoms with Crippen molar-refractivity contribution in [3.8, 4) is 0 Å². The molecule has 18 heavy (non-hydrogen) atoms. The van der Waals surface area contributed by atoms with Gasteiger partial charge in [-0.3, -0.25) is 0 Å². The van der Waals surface area contributed by atoms with E-state index >= 15 is 0 Å². The average molecular weight is 254 g/mol. The first-order valence-electron chi connectivity index (χ1n) is 6.58. The molecule has 100 valence electrons. The second kappa shape index (κ2) is 5.65. The molecule has 1 aromatic rings. The van der Waals surface area contributed by atoms with Crippen LogP contribution in [0.1, 0.15) is 31.7 Å². The number of nitrogens with two attached hydrogens (primary N) is 1. The lowest BCUT2D eigenvalue weighted by Crippen LogP contribution is -2.33. The summed E-state index contributed by atoms with van der Waals surface area (Å²) in [7, 11) is 0. The van der Waals surface area contributed by atoms with Gasteiger partial charge in [-0.2, -0.15) is 0 Å². The second-order valence-corrected chi connectivity index (χ2v) is 4.95. The molecule has 1 aromatic carbocycles. The molecule has 0 unspecified atom stereocenters. The minimum absolute atomic E-state index is 0.0987. The van der Waals surface area contributed by atoms with Gasteiger partial charge >= 0.3 is 0 Å². The van der Waals surface area contributed by atoms with Crippen molar-refractivity contribution in [1.82, 2.24) is 0 Å². The van der Waals surface area contributed by atoms with Crippen molar-refractivity contribution in [1.29, 1.82) is 0 Å². The molecule has 0 bridgehead atoms. The molecule has 0 amide bonds. The van der Waals surface area contributed by atoms with Crippen molar-refractivity contribution < 1.29 is 8.78 Å². The molecule has 1 aliphatic carbocycles. The summed E-state index contributed by atoms with van der Waals surface area (Å²) in [4.78, 5) is 1.80. The topological polar surface area (TPSA) is 29.3 Å². The van der Waals surface area contributed by atoms with E-state index in [4.69, 9.17) is 5.73 Å². The van der Waals surface area contributed by atoms with E-state index in [0.29, 0.717) is 18.0 Å². The normalized spacial score (nSPS) is 15.6. The molecule has 4 heteroatoms. The number of benzene rings is 1. The standard InChI is InChI=1S/C14H20F2N2/c1-2-18(9-10-4-3-5-10)14-12(15)6-11(8-17)7-13(14)16/h6-7,10H,2-5,8-9,17H2,1H3. The molecule has 1 fully saturated rings. The molecule has 2 nitrogen and oxygen atoms in total. The first kappa shape index (κ1) is 13.3. The van der Waals surface area contributed by atoms with Gasteiger partial charge in [0.25, 0.3) is 0 Å². The molecule has 0 spiro atoms. The van der Waals surface area contributed by atoms with Gasteiger partial charge in [0.1, 0.15) is 17.3 Å². The van der Waals surface area contributed by atoms with Gasteiger partial charge in [-0.25, -0.2) is 8.78 Å². The summed E-state index contributed by atoms with van der Waals surface area (Å²) in [6.07, 6.45) is 3.57. The first-order chi connectivity index (χ1) is 8.65. The number of anilines is 1.